The van der Waals surface area contributed by atoms with Crippen LogP contribution in [-0.4, -0.2) is 22.3 Å². The minimum absolute atomic E-state index is 0.843. The van der Waals surface area contributed by atoms with Crippen LogP contribution in [0.25, 0.3) is 0 Å². The van der Waals surface area contributed by atoms with E-state index in [-0.39, 0.29) is 0 Å². The van der Waals surface area contributed by atoms with E-state index in [4.69, 9.17) is 0 Å². The highest BCUT2D eigenvalue weighted by atomic mass is 32.2. The maximum Gasteiger partial charge on any atom is 0.133 e. The van der Waals surface area contributed by atoms with Crippen LogP contribution in [0.15, 0.2) is 5.03 Å². The second-order valence-corrected chi connectivity index (χ2v) is 4.51. The largest absolute Gasteiger partial charge is 0.370 e. The summed E-state index contributed by atoms with van der Waals surface area (Å²) < 4.78 is 0. The summed E-state index contributed by atoms with van der Waals surface area (Å²) in [4.78, 5) is 8.86. The molecule has 0 amide bonds. The summed E-state index contributed by atoms with van der Waals surface area (Å²) >= 11 is 1.81. The average Bonchev–Trinajstić information content (AvgIpc) is 2.21. The molecular formula is C11H19N3S. The van der Waals surface area contributed by atoms with E-state index < -0.39 is 0 Å². The van der Waals surface area contributed by atoms with E-state index in [2.05, 4.69) is 36.1 Å². The van der Waals surface area contributed by atoms with Gasteiger partial charge in [-0.1, -0.05) is 6.92 Å². The van der Waals surface area contributed by atoms with E-state index in [1.54, 1.807) is 0 Å². The predicted octanol–water partition coefficient (Wildman–Crippen LogP) is 3.03. The highest BCUT2D eigenvalue weighted by Crippen LogP contribution is 2.25. The van der Waals surface area contributed by atoms with Crippen LogP contribution in [0, 0.1) is 13.8 Å². The molecule has 4 heteroatoms. The van der Waals surface area contributed by atoms with E-state index in [1.165, 1.54) is 12.0 Å². The summed E-state index contributed by atoms with van der Waals surface area (Å²) in [6.45, 7) is 9.18. The molecule has 1 heterocycles. The van der Waals surface area contributed by atoms with Crippen molar-refractivity contribution in [2.45, 2.75) is 39.1 Å². The number of hydrogen-bond acceptors (Lipinski definition) is 4. The van der Waals surface area contributed by atoms with Crippen molar-refractivity contribution in [3.05, 3.63) is 11.4 Å². The molecule has 0 aliphatic heterocycles. The van der Waals surface area contributed by atoms with Crippen LogP contribution < -0.4 is 5.32 Å². The number of nitrogens with zero attached hydrogens (tertiary/aromatic N) is 2. The lowest BCUT2D eigenvalue weighted by atomic mass is 10.3. The van der Waals surface area contributed by atoms with Crippen molar-refractivity contribution in [3.63, 3.8) is 0 Å². The SMILES string of the molecule is CCCSc1nc(C)nc(NCC)c1C. The first-order valence-corrected chi connectivity index (χ1v) is 6.39. The topological polar surface area (TPSA) is 37.8 Å². The third-order valence-corrected chi connectivity index (χ3v) is 3.28. The summed E-state index contributed by atoms with van der Waals surface area (Å²) in [7, 11) is 0. The van der Waals surface area contributed by atoms with E-state index in [0.717, 1.165) is 29.0 Å². The van der Waals surface area contributed by atoms with Crippen LogP contribution in [0.3, 0.4) is 0 Å². The Balaban J connectivity index is 2.93. The van der Waals surface area contributed by atoms with Crippen LogP contribution in [0.5, 0.6) is 0 Å². The molecule has 0 saturated carbocycles. The zero-order chi connectivity index (χ0) is 11.3. The molecule has 1 aromatic rings. The standard InChI is InChI=1S/C11H19N3S/c1-5-7-15-11-8(3)10(12-6-2)13-9(4)14-11/h5-7H2,1-4H3,(H,12,13,14). The first-order chi connectivity index (χ1) is 7.19. The Morgan fingerprint density at radius 2 is 1.93 bits per heavy atom. The first kappa shape index (κ1) is 12.3. The fourth-order valence-electron chi connectivity index (χ4n) is 1.28. The zero-order valence-corrected chi connectivity index (χ0v) is 10.7. The molecule has 1 N–H and O–H groups in total. The molecule has 0 aliphatic rings. The van der Waals surface area contributed by atoms with E-state index in [9.17, 15) is 0 Å². The molecule has 0 aromatic carbocycles. The second kappa shape index (κ2) is 5.95. The Morgan fingerprint density at radius 1 is 1.20 bits per heavy atom. The lowest BCUT2D eigenvalue weighted by molar-refractivity contribution is 0.930. The number of aromatic nitrogens is 2. The van der Waals surface area contributed by atoms with Gasteiger partial charge in [0.2, 0.25) is 0 Å². The van der Waals surface area contributed by atoms with Gasteiger partial charge in [-0.3, -0.25) is 0 Å². The summed E-state index contributed by atoms with van der Waals surface area (Å²) in [6.07, 6.45) is 1.17. The Bertz CT molecular complexity index is 326. The fraction of sp³-hybridized carbons (Fsp3) is 0.636. The molecule has 84 valence electrons. The number of aryl methyl sites for hydroxylation is 1. The summed E-state index contributed by atoms with van der Waals surface area (Å²) in [5.74, 6) is 2.93. The maximum absolute atomic E-state index is 4.46. The molecule has 0 radical (unpaired) electrons. The highest BCUT2D eigenvalue weighted by molar-refractivity contribution is 7.99. The van der Waals surface area contributed by atoms with Crippen LogP contribution in [0.4, 0.5) is 5.82 Å². The van der Waals surface area contributed by atoms with Gasteiger partial charge in [0.1, 0.15) is 16.7 Å². The van der Waals surface area contributed by atoms with Crippen molar-refractivity contribution >= 4 is 17.6 Å². The normalized spacial score (nSPS) is 10.4. The molecule has 3 nitrogen and oxygen atoms in total. The number of anilines is 1. The summed E-state index contributed by atoms with van der Waals surface area (Å²) in [5.41, 5.74) is 1.17. The van der Waals surface area contributed by atoms with Crippen molar-refractivity contribution in [1.29, 1.82) is 0 Å². The molecule has 0 fully saturated rings. The van der Waals surface area contributed by atoms with Crippen molar-refractivity contribution in [3.8, 4) is 0 Å². The van der Waals surface area contributed by atoms with Gasteiger partial charge in [0, 0.05) is 12.1 Å². The molecule has 0 bridgehead atoms. The van der Waals surface area contributed by atoms with Crippen LogP contribution in [-0.2, 0) is 0 Å². The Hall–Kier alpha value is -0.770. The molecule has 15 heavy (non-hydrogen) atoms. The third kappa shape index (κ3) is 3.38. The smallest absolute Gasteiger partial charge is 0.133 e. The minimum atomic E-state index is 0.843. The van der Waals surface area contributed by atoms with E-state index >= 15 is 0 Å². The molecular weight excluding hydrogens is 206 g/mol. The molecule has 1 rings (SSSR count). The van der Waals surface area contributed by atoms with Gasteiger partial charge in [-0.05, 0) is 32.9 Å². The quantitative estimate of drug-likeness (QED) is 0.617. The van der Waals surface area contributed by atoms with E-state index in [0.29, 0.717) is 0 Å². The number of hydrogen-bond donors (Lipinski definition) is 1. The molecule has 0 unspecified atom stereocenters. The molecule has 0 atom stereocenters. The number of nitrogens with one attached hydrogen (secondary N) is 1. The Labute approximate surface area is 96.1 Å². The lowest BCUT2D eigenvalue weighted by Crippen LogP contribution is -2.05. The van der Waals surface area contributed by atoms with Crippen molar-refractivity contribution < 1.29 is 0 Å². The highest BCUT2D eigenvalue weighted by Gasteiger charge is 2.08. The van der Waals surface area contributed by atoms with Crippen LogP contribution >= 0.6 is 11.8 Å². The lowest BCUT2D eigenvalue weighted by Gasteiger charge is -2.11. The van der Waals surface area contributed by atoms with Crippen LogP contribution in [0.1, 0.15) is 31.7 Å². The van der Waals surface area contributed by atoms with Gasteiger partial charge in [-0.25, -0.2) is 9.97 Å². The maximum atomic E-state index is 4.46. The van der Waals surface area contributed by atoms with Crippen molar-refractivity contribution in [2.75, 3.05) is 17.6 Å². The van der Waals surface area contributed by atoms with Crippen LogP contribution in [0.2, 0.25) is 0 Å². The monoisotopic (exact) mass is 225 g/mol. The molecule has 1 aromatic heterocycles. The van der Waals surface area contributed by atoms with E-state index in [1.807, 2.05) is 18.7 Å². The summed E-state index contributed by atoms with van der Waals surface area (Å²) in [6, 6.07) is 0. The predicted molar refractivity (Wildman–Crippen MR) is 66.7 cm³/mol. The van der Waals surface area contributed by atoms with Gasteiger partial charge in [0.25, 0.3) is 0 Å². The van der Waals surface area contributed by atoms with Gasteiger partial charge < -0.3 is 5.32 Å². The summed E-state index contributed by atoms with van der Waals surface area (Å²) in [5, 5.41) is 4.38. The molecule has 0 aliphatic carbocycles. The number of thioether (sulfide) groups is 1. The van der Waals surface area contributed by atoms with Crippen molar-refractivity contribution in [2.24, 2.45) is 0 Å². The van der Waals surface area contributed by atoms with Crippen molar-refractivity contribution in [1.82, 2.24) is 9.97 Å². The Kier molecular flexibility index (Phi) is 4.88. The van der Waals surface area contributed by atoms with Gasteiger partial charge >= 0.3 is 0 Å². The molecule has 0 spiro atoms. The minimum Gasteiger partial charge on any atom is -0.370 e. The Morgan fingerprint density at radius 3 is 2.53 bits per heavy atom. The zero-order valence-electron chi connectivity index (χ0n) is 9.92. The molecule has 0 saturated heterocycles. The second-order valence-electron chi connectivity index (χ2n) is 3.43. The third-order valence-electron chi connectivity index (χ3n) is 2.00. The van der Waals surface area contributed by atoms with Gasteiger partial charge in [0.05, 0.1) is 0 Å². The first-order valence-electron chi connectivity index (χ1n) is 5.40. The number of rotatable bonds is 5. The average molecular weight is 225 g/mol. The van der Waals surface area contributed by atoms with Gasteiger partial charge in [0.15, 0.2) is 0 Å². The fourth-order valence-corrected chi connectivity index (χ4v) is 2.19. The van der Waals surface area contributed by atoms with Gasteiger partial charge in [-0.15, -0.1) is 11.8 Å². The van der Waals surface area contributed by atoms with Gasteiger partial charge in [-0.2, -0.15) is 0 Å².